The lowest BCUT2D eigenvalue weighted by Gasteiger charge is -2.14. The van der Waals surface area contributed by atoms with Gasteiger partial charge in [0.15, 0.2) is 0 Å². The summed E-state index contributed by atoms with van der Waals surface area (Å²) in [5, 5.41) is 0. The van der Waals surface area contributed by atoms with Gasteiger partial charge in [-0.05, 0) is 23.8 Å². The smallest absolute Gasteiger partial charge is 0.127 e. The largest absolute Gasteiger partial charge is 0.493 e. The van der Waals surface area contributed by atoms with E-state index >= 15 is 0 Å². The van der Waals surface area contributed by atoms with Crippen LogP contribution in [0.25, 0.3) is 0 Å². The Hall–Kier alpha value is -1.26. The van der Waals surface area contributed by atoms with Gasteiger partial charge >= 0.3 is 0 Å². The molecule has 1 unspecified atom stereocenters. The van der Waals surface area contributed by atoms with Crippen LogP contribution in [0.2, 0.25) is 0 Å². The number of furan rings is 1. The minimum atomic E-state index is -0.210. The Morgan fingerprint density at radius 3 is 3.00 bits per heavy atom. The molecule has 0 radical (unpaired) electrons. The average Bonchev–Trinajstić information content (AvgIpc) is 2.97. The Labute approximate surface area is 108 Å². The minimum Gasteiger partial charge on any atom is -0.493 e. The summed E-state index contributed by atoms with van der Waals surface area (Å²) in [6, 6.07) is 5.78. The molecule has 0 spiro atoms. The van der Waals surface area contributed by atoms with Crippen LogP contribution in [0.4, 0.5) is 0 Å². The molecular formula is C13H12BrNO2. The molecule has 3 rings (SSSR count). The lowest BCUT2D eigenvalue weighted by atomic mass is 9.98. The van der Waals surface area contributed by atoms with Gasteiger partial charge in [0.1, 0.15) is 5.75 Å². The van der Waals surface area contributed by atoms with E-state index in [2.05, 4.69) is 22.0 Å². The van der Waals surface area contributed by atoms with E-state index in [9.17, 15) is 0 Å². The van der Waals surface area contributed by atoms with E-state index in [-0.39, 0.29) is 6.04 Å². The Morgan fingerprint density at radius 1 is 1.35 bits per heavy atom. The third-order valence-electron chi connectivity index (χ3n) is 3.01. The molecule has 1 aliphatic rings. The maximum atomic E-state index is 6.24. The van der Waals surface area contributed by atoms with Crippen LogP contribution in [0.3, 0.4) is 0 Å². The molecule has 0 aliphatic carbocycles. The van der Waals surface area contributed by atoms with Crippen molar-refractivity contribution in [1.29, 1.82) is 0 Å². The third kappa shape index (κ3) is 1.87. The van der Waals surface area contributed by atoms with Crippen LogP contribution >= 0.6 is 15.9 Å². The zero-order valence-corrected chi connectivity index (χ0v) is 10.7. The van der Waals surface area contributed by atoms with Crippen LogP contribution in [0.15, 0.2) is 39.6 Å². The Bertz CT molecular complexity index is 537. The maximum Gasteiger partial charge on any atom is 0.127 e. The number of nitrogens with two attached hydrogens (primary N) is 1. The molecule has 0 bridgehead atoms. The van der Waals surface area contributed by atoms with Gasteiger partial charge in [0.2, 0.25) is 0 Å². The van der Waals surface area contributed by atoms with Gasteiger partial charge in [0.05, 0.1) is 25.2 Å². The first-order valence-electron chi connectivity index (χ1n) is 5.48. The van der Waals surface area contributed by atoms with E-state index in [4.69, 9.17) is 14.9 Å². The van der Waals surface area contributed by atoms with Gasteiger partial charge in [-0.1, -0.05) is 15.9 Å². The Morgan fingerprint density at radius 2 is 2.24 bits per heavy atom. The molecule has 1 atom stereocenters. The fourth-order valence-electron chi connectivity index (χ4n) is 2.16. The number of halogens is 1. The molecule has 0 amide bonds. The van der Waals surface area contributed by atoms with Crippen molar-refractivity contribution < 1.29 is 9.15 Å². The summed E-state index contributed by atoms with van der Waals surface area (Å²) in [6.45, 7) is 0.733. The third-order valence-corrected chi connectivity index (χ3v) is 3.47. The lowest BCUT2D eigenvalue weighted by Crippen LogP contribution is -2.12. The van der Waals surface area contributed by atoms with Crippen molar-refractivity contribution in [3.8, 4) is 5.75 Å². The highest BCUT2D eigenvalue weighted by Gasteiger charge is 2.22. The van der Waals surface area contributed by atoms with Gasteiger partial charge in [-0.25, -0.2) is 0 Å². The summed E-state index contributed by atoms with van der Waals surface area (Å²) in [4.78, 5) is 0. The second-order valence-corrected chi connectivity index (χ2v) is 5.03. The van der Waals surface area contributed by atoms with Crippen molar-refractivity contribution in [3.05, 3.63) is 51.9 Å². The lowest BCUT2D eigenvalue weighted by molar-refractivity contribution is 0.352. The number of ether oxygens (including phenoxy) is 1. The van der Waals surface area contributed by atoms with E-state index in [1.54, 1.807) is 12.5 Å². The Balaban J connectivity index is 2.09. The van der Waals surface area contributed by atoms with E-state index in [0.29, 0.717) is 0 Å². The van der Waals surface area contributed by atoms with Gasteiger partial charge in [-0.15, -0.1) is 0 Å². The molecule has 2 heterocycles. The highest BCUT2D eigenvalue weighted by Crippen LogP contribution is 2.37. The molecule has 1 aliphatic heterocycles. The summed E-state index contributed by atoms with van der Waals surface area (Å²) in [6.07, 6.45) is 4.25. The number of hydrogen-bond acceptors (Lipinski definition) is 3. The van der Waals surface area contributed by atoms with Gasteiger partial charge in [-0.2, -0.15) is 0 Å². The fraction of sp³-hybridized carbons (Fsp3) is 0.231. The molecule has 3 nitrogen and oxygen atoms in total. The zero-order chi connectivity index (χ0) is 11.8. The molecule has 0 saturated heterocycles. The summed E-state index contributed by atoms with van der Waals surface area (Å²) in [7, 11) is 0. The van der Waals surface area contributed by atoms with Crippen LogP contribution < -0.4 is 10.5 Å². The van der Waals surface area contributed by atoms with Crippen molar-refractivity contribution in [1.82, 2.24) is 0 Å². The van der Waals surface area contributed by atoms with E-state index in [1.165, 1.54) is 5.56 Å². The second kappa shape index (κ2) is 4.20. The summed E-state index contributed by atoms with van der Waals surface area (Å²) in [5.41, 5.74) is 9.42. The van der Waals surface area contributed by atoms with Crippen molar-refractivity contribution in [2.45, 2.75) is 12.5 Å². The van der Waals surface area contributed by atoms with E-state index in [1.807, 2.05) is 12.1 Å². The minimum absolute atomic E-state index is 0.210. The van der Waals surface area contributed by atoms with E-state index < -0.39 is 0 Å². The number of benzene rings is 1. The second-order valence-electron chi connectivity index (χ2n) is 4.12. The monoisotopic (exact) mass is 293 g/mol. The van der Waals surface area contributed by atoms with Crippen molar-refractivity contribution in [2.24, 2.45) is 5.73 Å². The zero-order valence-electron chi connectivity index (χ0n) is 9.15. The number of fused-ring (bicyclic) bond motifs is 1. The molecule has 0 fully saturated rings. The van der Waals surface area contributed by atoms with Crippen molar-refractivity contribution >= 4 is 15.9 Å². The number of rotatable bonds is 2. The molecule has 17 heavy (non-hydrogen) atoms. The van der Waals surface area contributed by atoms with Crippen LogP contribution in [0.1, 0.15) is 22.7 Å². The first-order chi connectivity index (χ1) is 8.25. The number of hydrogen-bond donors (Lipinski definition) is 1. The predicted molar refractivity (Wildman–Crippen MR) is 68.1 cm³/mol. The maximum absolute atomic E-state index is 6.24. The van der Waals surface area contributed by atoms with Crippen LogP contribution in [-0.2, 0) is 6.42 Å². The van der Waals surface area contributed by atoms with Crippen molar-refractivity contribution in [2.75, 3.05) is 6.61 Å². The topological polar surface area (TPSA) is 48.4 Å². The average molecular weight is 294 g/mol. The van der Waals surface area contributed by atoms with Gasteiger partial charge in [-0.3, -0.25) is 0 Å². The molecule has 4 heteroatoms. The Kier molecular flexibility index (Phi) is 2.68. The van der Waals surface area contributed by atoms with Gasteiger partial charge in [0.25, 0.3) is 0 Å². The SMILES string of the molecule is NC(c1ccoc1)c1cc(Br)cc2c1OCC2. The molecular weight excluding hydrogens is 282 g/mol. The van der Waals surface area contributed by atoms with Crippen molar-refractivity contribution in [3.63, 3.8) is 0 Å². The van der Waals surface area contributed by atoms with Gasteiger partial charge in [0, 0.05) is 22.0 Å². The molecule has 2 N–H and O–H groups in total. The standard InChI is InChI=1S/C13H12BrNO2/c14-10-5-8-2-4-17-13(8)11(6-10)12(15)9-1-3-16-7-9/h1,3,5-7,12H,2,4,15H2. The fourth-order valence-corrected chi connectivity index (χ4v) is 2.68. The van der Waals surface area contributed by atoms with Gasteiger partial charge < -0.3 is 14.9 Å². The molecule has 0 saturated carbocycles. The highest BCUT2D eigenvalue weighted by atomic mass is 79.9. The summed E-state index contributed by atoms with van der Waals surface area (Å²) >= 11 is 3.51. The predicted octanol–water partition coefficient (Wildman–Crippen LogP) is 3.03. The molecule has 2 aromatic rings. The highest BCUT2D eigenvalue weighted by molar-refractivity contribution is 9.10. The molecule has 1 aromatic carbocycles. The normalized spacial score (nSPS) is 15.4. The summed E-state index contributed by atoms with van der Waals surface area (Å²) < 4.78 is 11.8. The van der Waals surface area contributed by atoms with Crippen LogP contribution in [0.5, 0.6) is 5.75 Å². The molecule has 88 valence electrons. The first-order valence-corrected chi connectivity index (χ1v) is 6.28. The van der Waals surface area contributed by atoms with Crippen LogP contribution in [0, 0.1) is 0 Å². The van der Waals surface area contributed by atoms with E-state index in [0.717, 1.165) is 34.4 Å². The molecule has 1 aromatic heterocycles. The van der Waals surface area contributed by atoms with Crippen LogP contribution in [-0.4, -0.2) is 6.61 Å². The summed E-state index contributed by atoms with van der Waals surface area (Å²) in [5.74, 6) is 0.932. The first kappa shape index (κ1) is 10.9. The quantitative estimate of drug-likeness (QED) is 0.926.